The lowest BCUT2D eigenvalue weighted by atomic mass is 10.1. The topological polar surface area (TPSA) is 51.4 Å². The van der Waals surface area contributed by atoms with E-state index in [9.17, 15) is 0 Å². The molecule has 18 heavy (non-hydrogen) atoms. The summed E-state index contributed by atoms with van der Waals surface area (Å²) in [5.74, 6) is 1.77. The van der Waals surface area contributed by atoms with E-state index < -0.39 is 0 Å². The van der Waals surface area contributed by atoms with Crippen LogP contribution in [-0.2, 0) is 0 Å². The lowest BCUT2D eigenvalue weighted by molar-refractivity contribution is 0.415. The number of ether oxygens (including phenoxy) is 1. The number of pyridine rings is 1. The number of fused-ring (bicyclic) bond motifs is 1. The van der Waals surface area contributed by atoms with Crippen molar-refractivity contribution in [2.45, 2.75) is 13.0 Å². The van der Waals surface area contributed by atoms with Crippen molar-refractivity contribution in [1.82, 2.24) is 4.98 Å². The maximum Gasteiger partial charge on any atom is 0.136 e. The first-order valence-corrected chi connectivity index (χ1v) is 6.01. The second kappa shape index (κ2) is 5.23. The van der Waals surface area contributed by atoms with Crippen LogP contribution in [0.1, 0.15) is 6.92 Å². The number of methoxy groups -OCH3 is 1. The number of nitrogens with two attached hydrogens (primary N) is 1. The molecule has 0 spiro atoms. The normalized spacial score (nSPS) is 12.4. The predicted molar refractivity (Wildman–Crippen MR) is 75.2 cm³/mol. The molecule has 0 amide bonds. The summed E-state index contributed by atoms with van der Waals surface area (Å²) in [7, 11) is 3.67. The van der Waals surface area contributed by atoms with Gasteiger partial charge in [0.15, 0.2) is 0 Å². The Balaban J connectivity index is 2.48. The van der Waals surface area contributed by atoms with Crippen LogP contribution in [0.4, 0.5) is 5.82 Å². The van der Waals surface area contributed by atoms with Crippen LogP contribution in [0.15, 0.2) is 30.5 Å². The summed E-state index contributed by atoms with van der Waals surface area (Å²) in [6.07, 6.45) is 1.82. The van der Waals surface area contributed by atoms with E-state index in [2.05, 4.69) is 9.88 Å². The second-order valence-electron chi connectivity index (χ2n) is 4.58. The van der Waals surface area contributed by atoms with Crippen molar-refractivity contribution in [3.8, 4) is 5.75 Å². The van der Waals surface area contributed by atoms with Crippen molar-refractivity contribution < 1.29 is 4.74 Å². The minimum absolute atomic E-state index is 0.109. The molecule has 0 fully saturated rings. The molecule has 2 rings (SSSR count). The summed E-state index contributed by atoms with van der Waals surface area (Å²) < 4.78 is 5.27. The van der Waals surface area contributed by atoms with Crippen LogP contribution in [-0.4, -0.2) is 31.7 Å². The van der Waals surface area contributed by atoms with Crippen LogP contribution < -0.4 is 15.4 Å². The molecule has 4 heteroatoms. The first-order valence-electron chi connectivity index (χ1n) is 6.01. The summed E-state index contributed by atoms with van der Waals surface area (Å²) in [4.78, 5) is 6.53. The fraction of sp³-hybridized carbons (Fsp3) is 0.357. The van der Waals surface area contributed by atoms with Crippen LogP contribution in [0, 0.1) is 0 Å². The monoisotopic (exact) mass is 245 g/mol. The fourth-order valence-corrected chi connectivity index (χ4v) is 2.08. The Hall–Kier alpha value is -1.81. The molecule has 4 nitrogen and oxygen atoms in total. The summed E-state index contributed by atoms with van der Waals surface area (Å²) >= 11 is 0. The number of hydrogen-bond donors (Lipinski definition) is 1. The van der Waals surface area contributed by atoms with E-state index in [-0.39, 0.29) is 6.04 Å². The zero-order valence-electron chi connectivity index (χ0n) is 11.1. The smallest absolute Gasteiger partial charge is 0.136 e. The SMILES string of the molecule is COc1ccc2ccnc(N(C)CC(C)N)c2c1. The molecule has 0 aliphatic heterocycles. The minimum Gasteiger partial charge on any atom is -0.497 e. The Labute approximate surface area is 107 Å². The maximum atomic E-state index is 5.84. The molecule has 1 unspecified atom stereocenters. The molecule has 96 valence electrons. The van der Waals surface area contributed by atoms with Gasteiger partial charge in [-0.05, 0) is 30.5 Å². The predicted octanol–water partition coefficient (Wildman–Crippen LogP) is 2.03. The van der Waals surface area contributed by atoms with Gasteiger partial charge in [0, 0.05) is 31.2 Å². The average Bonchev–Trinajstić information content (AvgIpc) is 2.36. The molecule has 1 atom stereocenters. The largest absolute Gasteiger partial charge is 0.497 e. The Bertz CT molecular complexity index is 540. The minimum atomic E-state index is 0.109. The lowest BCUT2D eigenvalue weighted by Crippen LogP contribution is -2.33. The van der Waals surface area contributed by atoms with Crippen LogP contribution in [0.2, 0.25) is 0 Å². The molecule has 1 aromatic heterocycles. The molecule has 0 saturated carbocycles. The third kappa shape index (κ3) is 2.54. The van der Waals surface area contributed by atoms with Crippen molar-refractivity contribution in [1.29, 1.82) is 0 Å². The molecule has 0 aliphatic rings. The number of benzene rings is 1. The van der Waals surface area contributed by atoms with Crippen LogP contribution in [0.3, 0.4) is 0 Å². The molecule has 0 radical (unpaired) electrons. The highest BCUT2D eigenvalue weighted by atomic mass is 16.5. The highest BCUT2D eigenvalue weighted by Crippen LogP contribution is 2.27. The maximum absolute atomic E-state index is 5.84. The second-order valence-corrected chi connectivity index (χ2v) is 4.58. The first-order chi connectivity index (χ1) is 8.61. The number of hydrogen-bond acceptors (Lipinski definition) is 4. The number of aromatic nitrogens is 1. The van der Waals surface area contributed by atoms with E-state index in [1.165, 1.54) is 0 Å². The Kier molecular flexibility index (Phi) is 3.67. The van der Waals surface area contributed by atoms with E-state index in [0.29, 0.717) is 0 Å². The van der Waals surface area contributed by atoms with Gasteiger partial charge < -0.3 is 15.4 Å². The number of rotatable bonds is 4. The molecule has 1 aromatic carbocycles. The molecular weight excluding hydrogens is 226 g/mol. The highest BCUT2D eigenvalue weighted by Gasteiger charge is 2.09. The number of likely N-dealkylation sites (N-methyl/N-ethyl adjacent to an activating group) is 1. The van der Waals surface area contributed by atoms with E-state index in [1.54, 1.807) is 7.11 Å². The molecular formula is C14H19N3O. The molecule has 2 N–H and O–H groups in total. The van der Waals surface area contributed by atoms with Crippen LogP contribution in [0.25, 0.3) is 10.8 Å². The molecule has 1 heterocycles. The van der Waals surface area contributed by atoms with E-state index in [0.717, 1.165) is 28.9 Å². The van der Waals surface area contributed by atoms with Gasteiger partial charge in [-0.25, -0.2) is 4.98 Å². The van der Waals surface area contributed by atoms with Crippen LogP contribution in [0.5, 0.6) is 5.75 Å². The van der Waals surface area contributed by atoms with Gasteiger partial charge >= 0.3 is 0 Å². The van der Waals surface area contributed by atoms with E-state index in [4.69, 9.17) is 10.5 Å². The summed E-state index contributed by atoms with van der Waals surface area (Å²) in [5.41, 5.74) is 5.84. The molecule has 0 bridgehead atoms. The standard InChI is InChI=1S/C14H19N3O/c1-10(15)9-17(2)14-13-8-12(18-3)5-4-11(13)6-7-16-14/h4-8,10H,9,15H2,1-3H3. The zero-order valence-corrected chi connectivity index (χ0v) is 11.1. The zero-order chi connectivity index (χ0) is 13.1. The van der Waals surface area contributed by atoms with Gasteiger partial charge in [0.1, 0.15) is 11.6 Å². The fourth-order valence-electron chi connectivity index (χ4n) is 2.08. The third-order valence-corrected chi connectivity index (χ3v) is 2.88. The van der Waals surface area contributed by atoms with E-state index in [1.807, 2.05) is 44.4 Å². The van der Waals surface area contributed by atoms with Crippen molar-refractivity contribution in [3.63, 3.8) is 0 Å². The Morgan fingerprint density at radius 2 is 2.17 bits per heavy atom. The van der Waals surface area contributed by atoms with Gasteiger partial charge in [0.05, 0.1) is 7.11 Å². The number of nitrogens with zero attached hydrogens (tertiary/aromatic N) is 2. The van der Waals surface area contributed by atoms with Gasteiger partial charge in [-0.2, -0.15) is 0 Å². The van der Waals surface area contributed by atoms with Gasteiger partial charge in [0.25, 0.3) is 0 Å². The van der Waals surface area contributed by atoms with Crippen LogP contribution >= 0.6 is 0 Å². The van der Waals surface area contributed by atoms with Gasteiger partial charge in [-0.1, -0.05) is 6.07 Å². The van der Waals surface area contributed by atoms with Crippen molar-refractivity contribution in [3.05, 3.63) is 30.5 Å². The molecule has 2 aromatic rings. The average molecular weight is 245 g/mol. The lowest BCUT2D eigenvalue weighted by Gasteiger charge is -2.21. The van der Waals surface area contributed by atoms with Crippen molar-refractivity contribution in [2.24, 2.45) is 5.73 Å². The Morgan fingerprint density at radius 1 is 1.39 bits per heavy atom. The Morgan fingerprint density at radius 3 is 2.83 bits per heavy atom. The van der Waals surface area contributed by atoms with E-state index >= 15 is 0 Å². The van der Waals surface area contributed by atoms with Gasteiger partial charge in [-0.15, -0.1) is 0 Å². The number of anilines is 1. The van der Waals surface area contributed by atoms with Crippen molar-refractivity contribution in [2.75, 3.05) is 25.6 Å². The summed E-state index contributed by atoms with van der Waals surface area (Å²) in [5, 5.41) is 2.23. The summed E-state index contributed by atoms with van der Waals surface area (Å²) in [6, 6.07) is 8.11. The third-order valence-electron chi connectivity index (χ3n) is 2.88. The van der Waals surface area contributed by atoms with Crippen molar-refractivity contribution >= 4 is 16.6 Å². The molecule has 0 saturated heterocycles. The highest BCUT2D eigenvalue weighted by molar-refractivity contribution is 5.93. The van der Waals surface area contributed by atoms with Gasteiger partial charge in [0.2, 0.25) is 0 Å². The molecule has 0 aliphatic carbocycles. The summed E-state index contributed by atoms with van der Waals surface area (Å²) in [6.45, 7) is 2.76. The first kappa shape index (κ1) is 12.6. The van der Waals surface area contributed by atoms with Gasteiger partial charge in [-0.3, -0.25) is 0 Å². The quantitative estimate of drug-likeness (QED) is 0.895.